The van der Waals surface area contributed by atoms with Gasteiger partial charge in [0.15, 0.2) is 6.61 Å². The molecule has 0 spiro atoms. The number of carbonyl (C=O) groups is 2. The second-order valence-corrected chi connectivity index (χ2v) is 8.17. The van der Waals surface area contributed by atoms with Crippen LogP contribution in [-0.2, 0) is 16.1 Å². The fourth-order valence-electron chi connectivity index (χ4n) is 2.75. The van der Waals surface area contributed by atoms with Crippen molar-refractivity contribution < 1.29 is 14.3 Å². The van der Waals surface area contributed by atoms with Gasteiger partial charge in [-0.3, -0.25) is 9.59 Å². The smallest absolute Gasteiger partial charge is 0.261 e. The van der Waals surface area contributed by atoms with E-state index in [0.29, 0.717) is 32.9 Å². The summed E-state index contributed by atoms with van der Waals surface area (Å²) >= 11 is 18.3. The summed E-state index contributed by atoms with van der Waals surface area (Å²) in [5, 5.41) is 4.37. The third kappa shape index (κ3) is 6.79. The Balaban J connectivity index is 2.18. The fourth-order valence-corrected chi connectivity index (χ4v) is 3.33. The standard InChI is InChI=1S/C22H25Cl3N2O3/c1-4-9-26-22(29)15(3)27(12-16-5-6-17(23)11-20(16)25)21(28)13-30-18-7-8-19(24)14(2)10-18/h5-8,10-11,15H,4,9,12-13H2,1-3H3,(H,26,29)/t15-/m1/s1. The van der Waals surface area contributed by atoms with Gasteiger partial charge in [0.05, 0.1) is 0 Å². The van der Waals surface area contributed by atoms with Crippen LogP contribution < -0.4 is 10.1 Å². The lowest BCUT2D eigenvalue weighted by Crippen LogP contribution is -2.49. The summed E-state index contributed by atoms with van der Waals surface area (Å²) in [6, 6.07) is 9.50. The van der Waals surface area contributed by atoms with E-state index in [1.165, 1.54) is 4.90 Å². The second kappa shape index (κ2) is 11.4. The van der Waals surface area contributed by atoms with E-state index in [-0.39, 0.29) is 25.0 Å². The molecule has 8 heteroatoms. The molecule has 0 unspecified atom stereocenters. The first-order valence-electron chi connectivity index (χ1n) is 9.63. The van der Waals surface area contributed by atoms with Crippen molar-refractivity contribution in [3.8, 4) is 5.75 Å². The van der Waals surface area contributed by atoms with Crippen molar-refractivity contribution in [3.05, 3.63) is 62.6 Å². The normalized spacial score (nSPS) is 11.7. The van der Waals surface area contributed by atoms with Gasteiger partial charge in [-0.1, -0.05) is 47.8 Å². The van der Waals surface area contributed by atoms with E-state index in [1.54, 1.807) is 43.3 Å². The predicted molar refractivity (Wildman–Crippen MR) is 121 cm³/mol. The monoisotopic (exact) mass is 470 g/mol. The molecule has 0 radical (unpaired) electrons. The van der Waals surface area contributed by atoms with Crippen LogP contribution >= 0.6 is 34.8 Å². The van der Waals surface area contributed by atoms with Gasteiger partial charge in [-0.25, -0.2) is 0 Å². The van der Waals surface area contributed by atoms with Crippen LogP contribution in [0.3, 0.4) is 0 Å². The third-order valence-electron chi connectivity index (χ3n) is 4.56. The molecule has 162 valence electrons. The van der Waals surface area contributed by atoms with Crippen LogP contribution in [0.15, 0.2) is 36.4 Å². The van der Waals surface area contributed by atoms with Crippen molar-refractivity contribution >= 4 is 46.6 Å². The highest BCUT2D eigenvalue weighted by molar-refractivity contribution is 6.35. The molecule has 1 N–H and O–H groups in total. The number of hydrogen-bond donors (Lipinski definition) is 1. The fraction of sp³-hybridized carbons (Fsp3) is 0.364. The number of benzene rings is 2. The first kappa shape index (κ1) is 24.3. The van der Waals surface area contributed by atoms with Crippen molar-refractivity contribution in [1.82, 2.24) is 10.2 Å². The van der Waals surface area contributed by atoms with Crippen LogP contribution in [0.4, 0.5) is 0 Å². The number of carbonyl (C=O) groups excluding carboxylic acids is 2. The van der Waals surface area contributed by atoms with E-state index < -0.39 is 6.04 Å². The van der Waals surface area contributed by atoms with Crippen molar-refractivity contribution in [2.24, 2.45) is 0 Å². The Bertz CT molecular complexity index is 905. The minimum Gasteiger partial charge on any atom is -0.484 e. The first-order chi connectivity index (χ1) is 14.2. The van der Waals surface area contributed by atoms with Crippen molar-refractivity contribution in [2.45, 2.75) is 39.8 Å². The predicted octanol–water partition coefficient (Wildman–Crippen LogP) is 5.28. The molecule has 1 atom stereocenters. The quantitative estimate of drug-likeness (QED) is 0.541. The van der Waals surface area contributed by atoms with E-state index in [4.69, 9.17) is 39.5 Å². The van der Waals surface area contributed by atoms with Gasteiger partial charge in [0.1, 0.15) is 11.8 Å². The Labute approximate surface area is 192 Å². The SMILES string of the molecule is CCCNC(=O)[C@@H](C)N(Cc1ccc(Cl)cc1Cl)C(=O)COc1ccc(Cl)c(C)c1. The van der Waals surface area contributed by atoms with Gasteiger partial charge in [-0.15, -0.1) is 0 Å². The molecule has 0 aliphatic heterocycles. The minimum absolute atomic E-state index is 0.151. The van der Waals surface area contributed by atoms with Crippen LogP contribution in [0.25, 0.3) is 0 Å². The average molecular weight is 472 g/mol. The topological polar surface area (TPSA) is 58.6 Å². The van der Waals surface area contributed by atoms with Crippen molar-refractivity contribution in [2.75, 3.05) is 13.2 Å². The summed E-state index contributed by atoms with van der Waals surface area (Å²) in [6.45, 7) is 5.96. The molecule has 0 saturated carbocycles. The maximum Gasteiger partial charge on any atom is 0.261 e. The summed E-state index contributed by atoms with van der Waals surface area (Å²) in [6.07, 6.45) is 0.800. The molecule has 2 amide bonds. The molecule has 0 aromatic heterocycles. The molecular formula is C22H25Cl3N2O3. The number of rotatable bonds is 9. The van der Waals surface area contributed by atoms with Gasteiger partial charge in [0.2, 0.25) is 5.91 Å². The summed E-state index contributed by atoms with van der Waals surface area (Å²) in [7, 11) is 0. The second-order valence-electron chi connectivity index (χ2n) is 6.92. The van der Waals surface area contributed by atoms with E-state index in [1.807, 2.05) is 13.8 Å². The molecule has 2 aromatic rings. The van der Waals surface area contributed by atoms with Gasteiger partial charge in [0.25, 0.3) is 5.91 Å². The molecule has 0 fully saturated rings. The highest BCUT2D eigenvalue weighted by Crippen LogP contribution is 2.24. The average Bonchev–Trinajstić information content (AvgIpc) is 2.71. The summed E-state index contributed by atoms with van der Waals surface area (Å²) < 4.78 is 5.65. The van der Waals surface area contributed by atoms with Gasteiger partial charge < -0.3 is 15.0 Å². The molecule has 30 heavy (non-hydrogen) atoms. The zero-order chi connectivity index (χ0) is 22.3. The largest absolute Gasteiger partial charge is 0.484 e. The van der Waals surface area contributed by atoms with Gasteiger partial charge in [0, 0.05) is 28.2 Å². The van der Waals surface area contributed by atoms with Gasteiger partial charge >= 0.3 is 0 Å². The number of halogens is 3. The van der Waals surface area contributed by atoms with Crippen LogP contribution in [0.2, 0.25) is 15.1 Å². The number of nitrogens with zero attached hydrogens (tertiary/aromatic N) is 1. The van der Waals surface area contributed by atoms with Crippen molar-refractivity contribution in [1.29, 1.82) is 0 Å². The van der Waals surface area contributed by atoms with Crippen LogP contribution in [-0.4, -0.2) is 35.9 Å². The van der Waals surface area contributed by atoms with Gasteiger partial charge in [-0.05, 0) is 61.7 Å². The van der Waals surface area contributed by atoms with Crippen LogP contribution in [0.1, 0.15) is 31.4 Å². The lowest BCUT2D eigenvalue weighted by atomic mass is 10.1. The lowest BCUT2D eigenvalue weighted by Gasteiger charge is -2.29. The number of amides is 2. The highest BCUT2D eigenvalue weighted by atomic mass is 35.5. The molecule has 5 nitrogen and oxygen atoms in total. The summed E-state index contributed by atoms with van der Waals surface area (Å²) in [5.41, 5.74) is 1.53. The maximum atomic E-state index is 13.0. The Morgan fingerprint density at radius 1 is 1.10 bits per heavy atom. The molecule has 2 rings (SSSR count). The summed E-state index contributed by atoms with van der Waals surface area (Å²) in [4.78, 5) is 27.0. The van der Waals surface area contributed by atoms with E-state index >= 15 is 0 Å². The Morgan fingerprint density at radius 2 is 1.83 bits per heavy atom. The number of ether oxygens (including phenoxy) is 1. The van der Waals surface area contributed by atoms with Gasteiger partial charge in [-0.2, -0.15) is 0 Å². The maximum absolute atomic E-state index is 13.0. The highest BCUT2D eigenvalue weighted by Gasteiger charge is 2.27. The first-order valence-corrected chi connectivity index (χ1v) is 10.8. The summed E-state index contributed by atoms with van der Waals surface area (Å²) in [5.74, 6) is -0.0526. The number of nitrogens with one attached hydrogen (secondary N) is 1. The van der Waals surface area contributed by atoms with Crippen molar-refractivity contribution in [3.63, 3.8) is 0 Å². The van der Waals surface area contributed by atoms with E-state index in [2.05, 4.69) is 5.32 Å². The number of aryl methyl sites for hydroxylation is 1. The Kier molecular flexibility index (Phi) is 9.28. The molecule has 0 aliphatic rings. The van der Waals surface area contributed by atoms with Crippen LogP contribution in [0, 0.1) is 6.92 Å². The van der Waals surface area contributed by atoms with Crippen LogP contribution in [0.5, 0.6) is 5.75 Å². The molecule has 0 bridgehead atoms. The molecule has 2 aromatic carbocycles. The molecule has 0 heterocycles. The third-order valence-corrected chi connectivity index (χ3v) is 5.58. The minimum atomic E-state index is -0.702. The number of hydrogen-bond acceptors (Lipinski definition) is 3. The zero-order valence-electron chi connectivity index (χ0n) is 17.2. The molecule has 0 saturated heterocycles. The van der Waals surface area contributed by atoms with E-state index in [9.17, 15) is 9.59 Å². The zero-order valence-corrected chi connectivity index (χ0v) is 19.4. The van der Waals surface area contributed by atoms with E-state index in [0.717, 1.165) is 12.0 Å². The molecular weight excluding hydrogens is 447 g/mol. The molecule has 0 aliphatic carbocycles. The Morgan fingerprint density at radius 3 is 2.47 bits per heavy atom. The lowest BCUT2D eigenvalue weighted by molar-refractivity contribution is -0.142. The Hall–Kier alpha value is -1.95.